The topological polar surface area (TPSA) is 252 Å². The van der Waals surface area contributed by atoms with Gasteiger partial charge < -0.3 is 64.1 Å². The Hall–Kier alpha value is -3.51. The van der Waals surface area contributed by atoms with Crippen LogP contribution in [0.1, 0.15) is 125 Å². The number of aryl methyl sites for hydroxylation is 2. The Morgan fingerprint density at radius 3 is 2.23 bits per heavy atom. The molecule has 0 saturated carbocycles. The van der Waals surface area contributed by atoms with Crippen LogP contribution < -0.4 is 0 Å². The summed E-state index contributed by atoms with van der Waals surface area (Å²) in [5.74, 6) is -3.11. The lowest BCUT2D eigenvalue weighted by Crippen LogP contribution is -2.62. The normalized spacial score (nSPS) is 38.0. The van der Waals surface area contributed by atoms with Crippen LogP contribution in [-0.2, 0) is 54.3 Å². The maximum atomic E-state index is 14.6. The highest BCUT2D eigenvalue weighted by molar-refractivity contribution is 5.73. The zero-order valence-corrected chi connectivity index (χ0v) is 47.0. The third-order valence-electron chi connectivity index (χ3n) is 17.0. The summed E-state index contributed by atoms with van der Waals surface area (Å²) in [5, 5.41) is 86.5. The minimum Gasteiger partial charge on any atom is -0.459 e. The van der Waals surface area contributed by atoms with Gasteiger partial charge in [0, 0.05) is 76.8 Å². The van der Waals surface area contributed by atoms with Crippen LogP contribution in [0.5, 0.6) is 0 Å². The highest BCUT2D eigenvalue weighted by Gasteiger charge is 2.55. The molecule has 3 aliphatic heterocycles. The molecule has 20 heteroatoms. The smallest absolute Gasteiger partial charge is 0.309 e. The summed E-state index contributed by atoms with van der Waals surface area (Å²) in [7, 11) is 5.36. The lowest BCUT2D eigenvalue weighted by Gasteiger charge is -2.51. The van der Waals surface area contributed by atoms with Gasteiger partial charge in [0.15, 0.2) is 6.29 Å². The number of ether oxygens (including phenoxy) is 5. The van der Waals surface area contributed by atoms with Crippen LogP contribution in [0.2, 0.25) is 0 Å². The van der Waals surface area contributed by atoms with Crippen LogP contribution in [0.25, 0.3) is 5.69 Å². The third kappa shape index (κ3) is 14.6. The standard InChI is InChI=1S/C55H92N8O12/c1-14-45-55(10,70)48(66)37(6)61(12)30-33(2)28-53(8,69)50(35(4)46(36(5)51(68)74-45)44-29-54(9,71-13)49(67)38(7)73-44)75-52-47(65)43(27-34(3)72-52)60(11)25-22-40-31-62(58-56-40)24-16-15-17-39-18-20-42(21-19-39)63-32-41(23-26-64)57-59-63/h18-21,31-38,43-50,52,64-67,69-70H,14-17,22-30H2,1-13H3/t33-,34-,35+,36-,37-,38+,43+,44?,45-,46+,47-,48-,49+,50-,52+,53-,54-,55-/m1/s1. The maximum absolute atomic E-state index is 14.6. The molecule has 75 heavy (non-hydrogen) atoms. The number of esters is 1. The highest BCUT2D eigenvalue weighted by Crippen LogP contribution is 2.45. The average Bonchev–Trinajstić information content (AvgIpc) is 4.04. The molecule has 424 valence electrons. The number of aliphatic hydroxyl groups excluding tert-OH is 4. The van der Waals surface area contributed by atoms with Crippen molar-refractivity contribution in [3.05, 3.63) is 53.6 Å². The van der Waals surface area contributed by atoms with Crippen LogP contribution in [0.4, 0.5) is 0 Å². The molecule has 2 aromatic heterocycles. The molecule has 0 aliphatic carbocycles. The van der Waals surface area contributed by atoms with E-state index in [0.717, 1.165) is 42.9 Å². The molecule has 1 unspecified atom stereocenters. The van der Waals surface area contributed by atoms with E-state index in [1.54, 1.807) is 32.4 Å². The minimum atomic E-state index is -1.81. The Morgan fingerprint density at radius 2 is 1.56 bits per heavy atom. The van der Waals surface area contributed by atoms with Crippen LogP contribution in [-0.4, -0.2) is 201 Å². The van der Waals surface area contributed by atoms with Gasteiger partial charge in [0.1, 0.15) is 30.0 Å². The van der Waals surface area contributed by atoms with Gasteiger partial charge in [-0.1, -0.05) is 50.3 Å². The quantitative estimate of drug-likeness (QED) is 0.0836. The number of methoxy groups -OCH3 is 1. The maximum Gasteiger partial charge on any atom is 0.309 e. The molecular weight excluding hydrogens is 965 g/mol. The van der Waals surface area contributed by atoms with E-state index in [4.69, 9.17) is 23.7 Å². The van der Waals surface area contributed by atoms with E-state index < -0.39 is 95.6 Å². The first-order valence-electron chi connectivity index (χ1n) is 27.5. The molecule has 3 fully saturated rings. The van der Waals surface area contributed by atoms with Crippen molar-refractivity contribution < 1.29 is 59.1 Å². The second-order valence-corrected chi connectivity index (χ2v) is 23.2. The van der Waals surface area contributed by atoms with Gasteiger partial charge in [-0.15, -0.1) is 10.2 Å². The number of hydrogen-bond donors (Lipinski definition) is 6. The number of cyclic esters (lactones) is 1. The molecule has 1 aromatic carbocycles. The van der Waals surface area contributed by atoms with Crippen molar-refractivity contribution in [2.75, 3.05) is 40.9 Å². The number of benzene rings is 1. The molecule has 18 atom stereocenters. The summed E-state index contributed by atoms with van der Waals surface area (Å²) in [6.45, 7) is 19.8. The van der Waals surface area contributed by atoms with E-state index in [9.17, 15) is 35.4 Å². The fourth-order valence-electron chi connectivity index (χ4n) is 12.3. The zero-order chi connectivity index (χ0) is 55.2. The minimum absolute atomic E-state index is 0.0342. The van der Waals surface area contributed by atoms with Gasteiger partial charge in [0.2, 0.25) is 0 Å². The number of carbonyl (C=O) groups is 1. The van der Waals surface area contributed by atoms with Crippen LogP contribution in [0, 0.1) is 23.7 Å². The van der Waals surface area contributed by atoms with E-state index in [-0.39, 0.29) is 43.9 Å². The van der Waals surface area contributed by atoms with Gasteiger partial charge in [-0.25, -0.2) is 4.68 Å². The summed E-state index contributed by atoms with van der Waals surface area (Å²) in [4.78, 5) is 18.7. The number of aliphatic hydroxyl groups is 6. The van der Waals surface area contributed by atoms with Crippen molar-refractivity contribution >= 4 is 5.97 Å². The van der Waals surface area contributed by atoms with Crippen molar-refractivity contribution in [3.8, 4) is 5.69 Å². The summed E-state index contributed by atoms with van der Waals surface area (Å²) >= 11 is 0. The Labute approximate surface area is 445 Å². The van der Waals surface area contributed by atoms with Crippen LogP contribution in [0.15, 0.2) is 36.7 Å². The molecule has 20 nitrogen and oxygen atoms in total. The van der Waals surface area contributed by atoms with Gasteiger partial charge in [-0.2, -0.15) is 0 Å². The summed E-state index contributed by atoms with van der Waals surface area (Å²) in [6.07, 6.45) is 0.420. The van der Waals surface area contributed by atoms with Gasteiger partial charge in [0.25, 0.3) is 0 Å². The SMILES string of the molecule is CC[C@H]1OC(=O)[C@H](C)[C@@H](C2C[C@@](C)(OC)[C@@H](O)[C@H](C)O2)[C@H](C)[C@@H](O[C@@H]2O[C@H](C)C[C@H](N(C)CCc3cn(CCCCc4ccc(-n5cc(CCO)nn5)cc4)nn3)[C@H]2O)[C@](C)(O)C[C@@H](C)CN(C)[C@H](C)[C@@H](O)[C@]1(C)O. The first-order valence-corrected chi connectivity index (χ1v) is 27.5. The Kier molecular flexibility index (Phi) is 21.0. The number of likely N-dealkylation sites (N-methyl/N-ethyl adjacent to an activating group) is 2. The van der Waals surface area contributed by atoms with Crippen LogP contribution >= 0.6 is 0 Å². The van der Waals surface area contributed by atoms with Crippen molar-refractivity contribution in [2.45, 2.75) is 218 Å². The molecule has 5 heterocycles. The molecule has 6 N–H and O–H groups in total. The fourth-order valence-corrected chi connectivity index (χ4v) is 12.3. The van der Waals surface area contributed by atoms with E-state index in [2.05, 4.69) is 37.7 Å². The zero-order valence-electron chi connectivity index (χ0n) is 47.0. The summed E-state index contributed by atoms with van der Waals surface area (Å²) < 4.78 is 35.9. The van der Waals surface area contributed by atoms with Gasteiger partial charge >= 0.3 is 5.97 Å². The van der Waals surface area contributed by atoms with E-state index >= 15 is 0 Å². The predicted molar refractivity (Wildman–Crippen MR) is 281 cm³/mol. The second kappa shape index (κ2) is 26.0. The molecule has 3 aromatic rings. The molecule has 6 rings (SSSR count). The molecule has 3 aliphatic rings. The molecule has 0 radical (unpaired) electrons. The number of carbonyl (C=O) groups excluding carboxylic acids is 1. The van der Waals surface area contributed by atoms with Crippen LogP contribution in [0.3, 0.4) is 0 Å². The molecule has 0 bridgehead atoms. The van der Waals surface area contributed by atoms with Crippen molar-refractivity contribution in [3.63, 3.8) is 0 Å². The third-order valence-corrected chi connectivity index (χ3v) is 17.0. The molecular formula is C55H92N8O12. The molecule has 3 saturated heterocycles. The molecule has 0 amide bonds. The largest absolute Gasteiger partial charge is 0.459 e. The van der Waals surface area contributed by atoms with E-state index in [0.29, 0.717) is 32.4 Å². The number of nitrogens with zero attached hydrogens (tertiary/aromatic N) is 8. The van der Waals surface area contributed by atoms with Gasteiger partial charge in [-0.3, -0.25) is 9.48 Å². The van der Waals surface area contributed by atoms with Crippen molar-refractivity contribution in [1.29, 1.82) is 0 Å². The first kappa shape index (κ1) is 60.7. The number of rotatable bonds is 17. The van der Waals surface area contributed by atoms with Crippen molar-refractivity contribution in [2.24, 2.45) is 23.7 Å². The van der Waals surface area contributed by atoms with Gasteiger partial charge in [0.05, 0.1) is 64.8 Å². The predicted octanol–water partition coefficient (Wildman–Crippen LogP) is 3.52. The lowest BCUT2D eigenvalue weighted by atomic mass is 9.68. The van der Waals surface area contributed by atoms with E-state index in [1.165, 1.54) is 19.6 Å². The summed E-state index contributed by atoms with van der Waals surface area (Å²) in [5.41, 5.74) is -0.723. The van der Waals surface area contributed by atoms with E-state index in [1.807, 2.05) is 82.8 Å². The monoisotopic (exact) mass is 1060 g/mol. The van der Waals surface area contributed by atoms with Crippen molar-refractivity contribution in [1.82, 2.24) is 39.8 Å². The Morgan fingerprint density at radius 1 is 0.880 bits per heavy atom. The number of unbranched alkanes of at least 4 members (excludes halogenated alkanes) is 1. The Bertz CT molecular complexity index is 2230. The summed E-state index contributed by atoms with van der Waals surface area (Å²) in [6, 6.07) is 7.30. The lowest BCUT2D eigenvalue weighted by molar-refractivity contribution is -0.302. The Balaban J connectivity index is 1.17. The number of aromatic nitrogens is 6. The average molecular weight is 1060 g/mol. The second-order valence-electron chi connectivity index (χ2n) is 23.2. The first-order chi connectivity index (χ1) is 35.3. The molecule has 0 spiro atoms. The highest BCUT2D eigenvalue weighted by atomic mass is 16.7. The fraction of sp³-hybridized carbons (Fsp3) is 0.800. The van der Waals surface area contributed by atoms with Gasteiger partial charge in [-0.05, 0) is 124 Å². The number of hydrogen-bond acceptors (Lipinski definition) is 18.